The van der Waals surface area contributed by atoms with Crippen molar-refractivity contribution < 1.29 is 42.1 Å². The number of carbonyl (C=O) groups excluding carboxylic acids is 1. The van der Waals surface area contributed by atoms with E-state index in [0.29, 0.717) is 27.7 Å². The standard InChI is InChI=1S/C22H25NO9S/c1-14(24)23(22(25)26)18-10-15(6-7-19(18)30-3)13-33(27,28)9-8-17-20(31-4)11-16(29-2)12-21(17)32-5/h6-12H,13H2,1-5H3,(H,25,26). The summed E-state index contributed by atoms with van der Waals surface area (Å²) >= 11 is 0. The number of hydrogen-bond donors (Lipinski definition) is 1. The second kappa shape index (κ2) is 10.7. The predicted molar refractivity (Wildman–Crippen MR) is 122 cm³/mol. The lowest BCUT2D eigenvalue weighted by molar-refractivity contribution is -0.116. The van der Waals surface area contributed by atoms with Crippen LogP contribution in [-0.2, 0) is 20.4 Å². The van der Waals surface area contributed by atoms with Crippen LogP contribution in [0.15, 0.2) is 35.7 Å². The van der Waals surface area contributed by atoms with Gasteiger partial charge >= 0.3 is 6.09 Å². The number of rotatable bonds is 9. The molecule has 0 aliphatic rings. The molecule has 0 fully saturated rings. The molecular formula is C22H25NO9S. The van der Waals surface area contributed by atoms with Gasteiger partial charge in [0, 0.05) is 24.5 Å². The van der Waals surface area contributed by atoms with Crippen LogP contribution in [0, 0.1) is 0 Å². The zero-order valence-corrected chi connectivity index (χ0v) is 19.6. The van der Waals surface area contributed by atoms with Gasteiger partial charge in [-0.05, 0) is 23.8 Å². The van der Waals surface area contributed by atoms with E-state index in [2.05, 4.69) is 0 Å². The van der Waals surface area contributed by atoms with Crippen LogP contribution >= 0.6 is 0 Å². The fourth-order valence-electron chi connectivity index (χ4n) is 3.06. The van der Waals surface area contributed by atoms with E-state index in [0.717, 1.165) is 12.3 Å². The fourth-order valence-corrected chi connectivity index (χ4v) is 4.14. The van der Waals surface area contributed by atoms with Gasteiger partial charge in [0.05, 0.1) is 45.4 Å². The molecule has 0 saturated heterocycles. The van der Waals surface area contributed by atoms with Crippen molar-refractivity contribution in [3.63, 3.8) is 0 Å². The first-order valence-corrected chi connectivity index (χ1v) is 11.2. The van der Waals surface area contributed by atoms with Gasteiger partial charge in [0.1, 0.15) is 23.0 Å². The molecule has 2 amide bonds. The van der Waals surface area contributed by atoms with Gasteiger partial charge in [-0.25, -0.2) is 18.1 Å². The summed E-state index contributed by atoms with van der Waals surface area (Å²) in [5.74, 6) is 0.0670. The monoisotopic (exact) mass is 479 g/mol. The van der Waals surface area contributed by atoms with Crippen molar-refractivity contribution in [1.29, 1.82) is 0 Å². The number of imide groups is 1. The molecule has 33 heavy (non-hydrogen) atoms. The lowest BCUT2D eigenvalue weighted by Gasteiger charge is -2.19. The van der Waals surface area contributed by atoms with Crippen molar-refractivity contribution in [1.82, 2.24) is 0 Å². The van der Waals surface area contributed by atoms with Crippen LogP contribution < -0.4 is 23.8 Å². The molecule has 0 radical (unpaired) electrons. The van der Waals surface area contributed by atoms with Crippen LogP contribution in [0.4, 0.5) is 10.5 Å². The molecular weight excluding hydrogens is 454 g/mol. The summed E-state index contributed by atoms with van der Waals surface area (Å²) in [6.45, 7) is 1.08. The van der Waals surface area contributed by atoms with Crippen LogP contribution in [-0.4, -0.2) is 54.0 Å². The lowest BCUT2D eigenvalue weighted by atomic mass is 10.1. The molecule has 0 atom stereocenters. The third kappa shape index (κ3) is 6.16. The first kappa shape index (κ1) is 25.5. The second-order valence-electron chi connectivity index (χ2n) is 6.70. The molecule has 0 aliphatic carbocycles. The van der Waals surface area contributed by atoms with Crippen LogP contribution in [0.1, 0.15) is 18.1 Å². The lowest BCUT2D eigenvalue weighted by Crippen LogP contribution is -2.34. The maximum atomic E-state index is 12.8. The minimum atomic E-state index is -3.82. The van der Waals surface area contributed by atoms with E-state index < -0.39 is 27.6 Å². The van der Waals surface area contributed by atoms with E-state index in [1.165, 1.54) is 52.7 Å². The summed E-state index contributed by atoms with van der Waals surface area (Å²) in [6, 6.07) is 7.34. The molecule has 0 unspecified atom stereocenters. The molecule has 2 rings (SSSR count). The molecule has 2 aromatic rings. The van der Waals surface area contributed by atoms with Crippen molar-refractivity contribution in [2.75, 3.05) is 33.3 Å². The molecule has 0 spiro atoms. The summed E-state index contributed by atoms with van der Waals surface area (Å²) in [4.78, 5) is 23.8. The normalized spacial score (nSPS) is 11.2. The Morgan fingerprint density at radius 1 is 0.939 bits per heavy atom. The Hall–Kier alpha value is -3.73. The van der Waals surface area contributed by atoms with Gasteiger partial charge in [-0.3, -0.25) is 4.79 Å². The predicted octanol–water partition coefficient (Wildman–Crippen LogP) is 3.34. The fraction of sp³-hybridized carbons (Fsp3) is 0.273. The third-order valence-electron chi connectivity index (χ3n) is 4.55. The quantitative estimate of drug-likeness (QED) is 0.576. The molecule has 0 heterocycles. The van der Waals surface area contributed by atoms with Gasteiger partial charge in [0.15, 0.2) is 9.84 Å². The molecule has 0 aliphatic heterocycles. The highest BCUT2D eigenvalue weighted by molar-refractivity contribution is 7.93. The first-order valence-electron chi connectivity index (χ1n) is 9.48. The van der Waals surface area contributed by atoms with Gasteiger partial charge in [-0.2, -0.15) is 0 Å². The number of sulfone groups is 1. The van der Waals surface area contributed by atoms with E-state index >= 15 is 0 Å². The molecule has 11 heteroatoms. The van der Waals surface area contributed by atoms with Crippen LogP contribution in [0.3, 0.4) is 0 Å². The highest BCUT2D eigenvalue weighted by atomic mass is 32.2. The molecule has 0 aromatic heterocycles. The smallest absolute Gasteiger partial charge is 0.418 e. The minimum absolute atomic E-state index is 0.0762. The topological polar surface area (TPSA) is 129 Å². The van der Waals surface area contributed by atoms with Crippen LogP contribution in [0.2, 0.25) is 0 Å². The van der Waals surface area contributed by atoms with E-state index in [1.807, 2.05) is 0 Å². The average Bonchev–Trinajstić information content (AvgIpc) is 2.76. The van der Waals surface area contributed by atoms with Gasteiger partial charge in [-0.15, -0.1) is 0 Å². The number of hydrogen-bond acceptors (Lipinski definition) is 8. The zero-order chi connectivity index (χ0) is 24.8. The minimum Gasteiger partial charge on any atom is -0.496 e. The van der Waals surface area contributed by atoms with Crippen molar-refractivity contribution in [2.24, 2.45) is 0 Å². The largest absolute Gasteiger partial charge is 0.496 e. The van der Waals surface area contributed by atoms with Gasteiger partial charge < -0.3 is 24.1 Å². The average molecular weight is 480 g/mol. The summed E-state index contributed by atoms with van der Waals surface area (Å²) in [7, 11) is 1.84. The Balaban J connectivity index is 2.43. The highest BCUT2D eigenvalue weighted by Crippen LogP contribution is 2.35. The number of ether oxygens (including phenoxy) is 4. The summed E-state index contributed by atoms with van der Waals surface area (Å²) in [5, 5.41) is 10.4. The second-order valence-corrected chi connectivity index (χ2v) is 8.59. The molecule has 2 aromatic carbocycles. The van der Waals surface area contributed by atoms with E-state index in [9.17, 15) is 23.1 Å². The molecule has 10 nitrogen and oxygen atoms in total. The van der Waals surface area contributed by atoms with Crippen molar-refractivity contribution in [3.05, 3.63) is 46.9 Å². The Bertz CT molecular complexity index is 1130. The number of methoxy groups -OCH3 is 4. The number of nitrogens with zero attached hydrogens (tertiary/aromatic N) is 1. The zero-order valence-electron chi connectivity index (χ0n) is 18.8. The SMILES string of the molecule is COc1cc(OC)c(C=CS(=O)(=O)Cc2ccc(OC)c(N(C(C)=O)C(=O)O)c2)c(OC)c1. The Morgan fingerprint density at radius 3 is 1.97 bits per heavy atom. The molecule has 0 saturated carbocycles. The number of carbonyl (C=O) groups is 2. The summed E-state index contributed by atoms with van der Waals surface area (Å²) in [6.07, 6.45) is -0.171. The van der Waals surface area contributed by atoms with E-state index in [1.54, 1.807) is 12.1 Å². The van der Waals surface area contributed by atoms with Crippen molar-refractivity contribution in [2.45, 2.75) is 12.7 Å². The number of amides is 2. The molecule has 178 valence electrons. The van der Waals surface area contributed by atoms with Gasteiger partial charge in [0.25, 0.3) is 0 Å². The number of benzene rings is 2. The first-order chi connectivity index (χ1) is 15.6. The third-order valence-corrected chi connectivity index (χ3v) is 5.84. The summed E-state index contributed by atoms with van der Waals surface area (Å²) in [5.41, 5.74) is 0.581. The van der Waals surface area contributed by atoms with E-state index in [4.69, 9.17) is 18.9 Å². The van der Waals surface area contributed by atoms with Crippen LogP contribution in [0.25, 0.3) is 6.08 Å². The van der Waals surface area contributed by atoms with Gasteiger partial charge in [0.2, 0.25) is 5.91 Å². The summed E-state index contributed by atoms with van der Waals surface area (Å²) < 4.78 is 46.5. The Labute approximate surface area is 191 Å². The highest BCUT2D eigenvalue weighted by Gasteiger charge is 2.24. The Kier molecular flexibility index (Phi) is 8.30. The molecule has 1 N–H and O–H groups in total. The Morgan fingerprint density at radius 2 is 1.52 bits per heavy atom. The van der Waals surface area contributed by atoms with Crippen molar-refractivity contribution >= 4 is 33.6 Å². The maximum absolute atomic E-state index is 12.8. The van der Waals surface area contributed by atoms with E-state index in [-0.39, 0.29) is 17.0 Å². The maximum Gasteiger partial charge on any atom is 0.418 e. The van der Waals surface area contributed by atoms with Crippen LogP contribution in [0.5, 0.6) is 23.0 Å². The molecule has 0 bridgehead atoms. The number of carboxylic acid groups (broad SMARTS) is 1. The number of anilines is 1. The van der Waals surface area contributed by atoms with Crippen molar-refractivity contribution in [3.8, 4) is 23.0 Å². The van der Waals surface area contributed by atoms with Gasteiger partial charge in [-0.1, -0.05) is 6.07 Å².